The van der Waals surface area contributed by atoms with Gasteiger partial charge in [-0.1, -0.05) is 12.8 Å². The highest BCUT2D eigenvalue weighted by Crippen LogP contribution is 2.58. The van der Waals surface area contributed by atoms with Crippen molar-refractivity contribution in [2.45, 2.75) is 63.6 Å². The van der Waals surface area contributed by atoms with Crippen molar-refractivity contribution < 1.29 is 14.8 Å². The van der Waals surface area contributed by atoms with E-state index >= 15 is 0 Å². The third-order valence-electron chi connectivity index (χ3n) is 7.03. The van der Waals surface area contributed by atoms with E-state index in [0.29, 0.717) is 5.92 Å². The maximum Gasteiger partial charge on any atom is 0.454 e. The Morgan fingerprint density at radius 1 is 0.955 bits per heavy atom. The van der Waals surface area contributed by atoms with E-state index in [1.54, 1.807) is 5.57 Å². The van der Waals surface area contributed by atoms with Gasteiger partial charge < -0.3 is 14.8 Å². The zero-order valence-electron chi connectivity index (χ0n) is 13.7. The van der Waals surface area contributed by atoms with Crippen LogP contribution in [0, 0.1) is 29.6 Å². The van der Waals surface area contributed by atoms with Crippen LogP contribution < -0.4 is 0 Å². The molecule has 5 aliphatic carbocycles. The van der Waals surface area contributed by atoms with Crippen molar-refractivity contribution in [1.29, 1.82) is 0 Å². The van der Waals surface area contributed by atoms with Gasteiger partial charge in [0, 0.05) is 5.92 Å². The molecule has 0 heterocycles. The molecule has 0 aromatic carbocycles. The van der Waals surface area contributed by atoms with Gasteiger partial charge in [-0.15, -0.1) is 0 Å². The Morgan fingerprint density at radius 2 is 1.59 bits per heavy atom. The summed E-state index contributed by atoms with van der Waals surface area (Å²) in [6, 6.07) is 0. The summed E-state index contributed by atoms with van der Waals surface area (Å²) >= 11 is 0. The Balaban J connectivity index is 1.60. The second-order valence-electron chi connectivity index (χ2n) is 8.37. The second kappa shape index (κ2) is 5.87. The first-order chi connectivity index (χ1) is 10.7. The first-order valence-electron chi connectivity index (χ1n) is 9.29. The van der Waals surface area contributed by atoms with Crippen molar-refractivity contribution in [1.82, 2.24) is 0 Å². The average molecular weight is 304 g/mol. The van der Waals surface area contributed by atoms with E-state index < -0.39 is 7.12 Å². The highest BCUT2D eigenvalue weighted by Gasteiger charge is 2.47. The van der Waals surface area contributed by atoms with E-state index in [1.807, 2.05) is 7.11 Å². The summed E-state index contributed by atoms with van der Waals surface area (Å²) in [5.74, 6) is 5.18. The van der Waals surface area contributed by atoms with Gasteiger partial charge in [-0.05, 0) is 80.0 Å². The van der Waals surface area contributed by atoms with Crippen LogP contribution in [0.25, 0.3) is 0 Å². The molecule has 0 spiro atoms. The fourth-order valence-electron chi connectivity index (χ4n) is 6.35. The summed E-state index contributed by atoms with van der Waals surface area (Å²) in [5, 5.41) is 19.1. The van der Waals surface area contributed by atoms with Gasteiger partial charge >= 0.3 is 7.12 Å². The predicted molar refractivity (Wildman–Crippen MR) is 87.0 cm³/mol. The van der Waals surface area contributed by atoms with Crippen molar-refractivity contribution >= 4 is 7.12 Å². The highest BCUT2D eigenvalue weighted by molar-refractivity contribution is 6.43. The fraction of sp³-hybridized carbons (Fsp3) is 0.889. The van der Waals surface area contributed by atoms with Gasteiger partial charge in [0.15, 0.2) is 0 Å². The maximum absolute atomic E-state index is 9.56. The van der Waals surface area contributed by atoms with Crippen molar-refractivity contribution in [3.05, 3.63) is 11.3 Å². The van der Waals surface area contributed by atoms with Crippen LogP contribution in [-0.4, -0.2) is 24.3 Å². The third kappa shape index (κ3) is 2.52. The summed E-state index contributed by atoms with van der Waals surface area (Å²) in [7, 11) is 0.677. The molecule has 0 aliphatic heterocycles. The van der Waals surface area contributed by atoms with Crippen LogP contribution in [-0.2, 0) is 4.74 Å². The molecule has 4 heteroatoms. The zero-order valence-corrected chi connectivity index (χ0v) is 13.7. The minimum Gasteiger partial charge on any atom is -0.501 e. The minimum absolute atomic E-state index is 0.0290. The molecule has 5 aliphatic rings. The Bertz CT molecular complexity index is 429. The summed E-state index contributed by atoms with van der Waals surface area (Å²) in [4.78, 5) is 0. The molecule has 0 saturated heterocycles. The third-order valence-corrected chi connectivity index (χ3v) is 7.03. The number of allylic oxidation sites excluding steroid dienone is 2. The van der Waals surface area contributed by atoms with E-state index in [1.165, 1.54) is 37.9 Å². The molecule has 0 aromatic heterocycles. The van der Waals surface area contributed by atoms with Gasteiger partial charge in [0.2, 0.25) is 0 Å². The van der Waals surface area contributed by atoms with Crippen LogP contribution in [0.2, 0.25) is 5.82 Å². The predicted octanol–water partition coefficient (Wildman–Crippen LogP) is 3.38. The average Bonchev–Trinajstić information content (AvgIpc) is 2.50. The topological polar surface area (TPSA) is 49.7 Å². The van der Waals surface area contributed by atoms with Crippen LogP contribution in [0.3, 0.4) is 0 Å². The monoisotopic (exact) mass is 304 g/mol. The van der Waals surface area contributed by atoms with E-state index in [9.17, 15) is 10.0 Å². The van der Waals surface area contributed by atoms with Gasteiger partial charge in [-0.2, -0.15) is 0 Å². The smallest absolute Gasteiger partial charge is 0.454 e. The zero-order chi connectivity index (χ0) is 15.3. The Labute approximate surface area is 134 Å². The van der Waals surface area contributed by atoms with E-state index in [4.69, 9.17) is 4.74 Å². The number of hydrogen-bond acceptors (Lipinski definition) is 3. The lowest BCUT2D eigenvalue weighted by molar-refractivity contribution is 0.0571. The summed E-state index contributed by atoms with van der Waals surface area (Å²) in [5.41, 5.74) is 1.65. The molecule has 3 nitrogen and oxygen atoms in total. The number of rotatable bonds is 3. The summed E-state index contributed by atoms with van der Waals surface area (Å²) in [6.45, 7) is 0. The molecule has 2 unspecified atom stereocenters. The van der Waals surface area contributed by atoms with Crippen molar-refractivity contribution in [3.63, 3.8) is 0 Å². The molecule has 0 amide bonds. The summed E-state index contributed by atoms with van der Waals surface area (Å²) < 4.78 is 5.96. The number of methoxy groups -OCH3 is 1. The lowest BCUT2D eigenvalue weighted by Gasteiger charge is -2.52. The molecule has 122 valence electrons. The fourth-order valence-corrected chi connectivity index (χ4v) is 6.35. The molecule has 2 N–H and O–H groups in total. The molecule has 22 heavy (non-hydrogen) atoms. The molecule has 5 saturated carbocycles. The van der Waals surface area contributed by atoms with Crippen molar-refractivity contribution in [2.24, 2.45) is 29.6 Å². The quantitative estimate of drug-likeness (QED) is 0.621. The van der Waals surface area contributed by atoms with Gasteiger partial charge in [0.05, 0.1) is 12.9 Å². The van der Waals surface area contributed by atoms with Crippen LogP contribution >= 0.6 is 0 Å². The SMILES string of the molecule is COC(=C1C2CC3CC(C2)CC1C3)C1CCCC(B(O)O)C1. The van der Waals surface area contributed by atoms with Gasteiger partial charge in [-0.3, -0.25) is 0 Å². The standard InChI is InChI=1S/C18H29BO3/c1-22-18(13-3-2-4-16(10-13)19(20)21)17-14-6-11-5-12(8-14)9-15(17)7-11/h11-16,20-21H,2-10H2,1H3. The molecule has 0 aromatic rings. The first kappa shape index (κ1) is 15.1. The van der Waals surface area contributed by atoms with E-state index in [2.05, 4.69) is 0 Å². The molecule has 2 atom stereocenters. The first-order valence-corrected chi connectivity index (χ1v) is 9.29. The van der Waals surface area contributed by atoms with Gasteiger partial charge in [0.1, 0.15) is 0 Å². The number of ether oxygens (including phenoxy) is 1. The molecule has 0 radical (unpaired) electrons. The van der Waals surface area contributed by atoms with E-state index in [-0.39, 0.29) is 5.82 Å². The molecule has 5 fully saturated rings. The largest absolute Gasteiger partial charge is 0.501 e. The van der Waals surface area contributed by atoms with Crippen LogP contribution in [0.5, 0.6) is 0 Å². The lowest BCUT2D eigenvalue weighted by atomic mass is 9.53. The number of hydrogen-bond donors (Lipinski definition) is 2. The van der Waals surface area contributed by atoms with E-state index in [0.717, 1.165) is 49.4 Å². The molecule has 5 rings (SSSR count). The lowest BCUT2D eigenvalue weighted by Crippen LogP contribution is -2.41. The van der Waals surface area contributed by atoms with Crippen LogP contribution in [0.1, 0.15) is 57.8 Å². The van der Waals surface area contributed by atoms with Gasteiger partial charge in [-0.25, -0.2) is 0 Å². The molecular formula is C18H29BO3. The van der Waals surface area contributed by atoms with Crippen molar-refractivity contribution in [2.75, 3.05) is 7.11 Å². The highest BCUT2D eigenvalue weighted by atomic mass is 16.5. The summed E-state index contributed by atoms with van der Waals surface area (Å²) in [6.07, 6.45) is 11.1. The van der Waals surface area contributed by atoms with Crippen LogP contribution in [0.15, 0.2) is 11.3 Å². The molecule has 4 bridgehead atoms. The van der Waals surface area contributed by atoms with Crippen LogP contribution in [0.4, 0.5) is 0 Å². The van der Waals surface area contributed by atoms with Gasteiger partial charge in [0.25, 0.3) is 0 Å². The molecular weight excluding hydrogens is 275 g/mol. The second-order valence-corrected chi connectivity index (χ2v) is 8.37. The normalized spacial score (nSPS) is 43.3. The van der Waals surface area contributed by atoms with Crippen molar-refractivity contribution in [3.8, 4) is 0 Å². The maximum atomic E-state index is 9.56. The minimum atomic E-state index is -1.16. The Hall–Kier alpha value is -0.475. The Morgan fingerprint density at radius 3 is 2.14 bits per heavy atom. The Kier molecular flexibility index (Phi) is 4.02.